The Kier molecular flexibility index (Phi) is 3.30. The topological polar surface area (TPSA) is 38.5 Å². The monoisotopic (exact) mass is 226 g/mol. The second-order valence-corrected chi connectivity index (χ2v) is 6.72. The molecule has 16 heavy (non-hydrogen) atoms. The number of ether oxygens (including phenoxy) is 1. The van der Waals surface area contributed by atoms with Gasteiger partial charge >= 0.3 is 0 Å². The van der Waals surface area contributed by atoms with Crippen molar-refractivity contribution in [3.05, 3.63) is 0 Å². The van der Waals surface area contributed by atoms with Crippen molar-refractivity contribution in [2.75, 3.05) is 32.8 Å². The van der Waals surface area contributed by atoms with Crippen LogP contribution in [0.5, 0.6) is 0 Å². The second kappa shape index (κ2) is 4.28. The van der Waals surface area contributed by atoms with Gasteiger partial charge in [-0.15, -0.1) is 0 Å². The second-order valence-electron chi connectivity index (χ2n) is 6.72. The fourth-order valence-corrected chi connectivity index (χ4v) is 2.72. The van der Waals surface area contributed by atoms with Gasteiger partial charge in [-0.3, -0.25) is 0 Å². The molecule has 0 aliphatic carbocycles. The van der Waals surface area contributed by atoms with Crippen LogP contribution in [0.25, 0.3) is 0 Å². The largest absolute Gasteiger partial charge is 0.379 e. The summed E-state index contributed by atoms with van der Waals surface area (Å²) in [5.74, 6) is 0. The van der Waals surface area contributed by atoms with E-state index in [0.29, 0.717) is 5.41 Å². The minimum absolute atomic E-state index is 0.168. The van der Waals surface area contributed by atoms with Crippen molar-refractivity contribution < 1.29 is 4.74 Å². The maximum atomic E-state index is 6.13. The van der Waals surface area contributed by atoms with Gasteiger partial charge in [-0.1, -0.05) is 20.8 Å². The van der Waals surface area contributed by atoms with Crippen molar-refractivity contribution in [2.45, 2.75) is 39.7 Å². The maximum Gasteiger partial charge on any atom is 0.0624 e. The van der Waals surface area contributed by atoms with Crippen molar-refractivity contribution in [3.63, 3.8) is 0 Å². The number of nitrogens with two attached hydrogens (primary N) is 1. The summed E-state index contributed by atoms with van der Waals surface area (Å²) in [6.07, 6.45) is 2.61. The van der Waals surface area contributed by atoms with Gasteiger partial charge < -0.3 is 15.4 Å². The van der Waals surface area contributed by atoms with Gasteiger partial charge in [0.1, 0.15) is 0 Å². The Morgan fingerprint density at radius 1 is 1.25 bits per heavy atom. The lowest BCUT2D eigenvalue weighted by Crippen LogP contribution is -2.49. The Labute approximate surface area is 99.3 Å². The minimum atomic E-state index is 0.168. The molecular formula is C13H26N2O. The zero-order valence-corrected chi connectivity index (χ0v) is 11.0. The average Bonchev–Trinajstić information content (AvgIpc) is 2.51. The van der Waals surface area contributed by atoms with E-state index < -0.39 is 0 Å². The lowest BCUT2D eigenvalue weighted by molar-refractivity contribution is 0.0747. The van der Waals surface area contributed by atoms with E-state index in [1.807, 2.05) is 0 Å². The number of rotatable bonds is 2. The number of hydrogen-bond acceptors (Lipinski definition) is 3. The third-order valence-corrected chi connectivity index (χ3v) is 4.42. The molecular weight excluding hydrogens is 200 g/mol. The van der Waals surface area contributed by atoms with Gasteiger partial charge in [0.05, 0.1) is 13.2 Å². The summed E-state index contributed by atoms with van der Waals surface area (Å²) in [6, 6.07) is 0.211. The molecule has 2 aliphatic heterocycles. The molecule has 0 bridgehead atoms. The lowest BCUT2D eigenvalue weighted by atomic mass is 9.80. The average molecular weight is 226 g/mol. The predicted molar refractivity (Wildman–Crippen MR) is 66.4 cm³/mol. The van der Waals surface area contributed by atoms with E-state index in [2.05, 4.69) is 25.7 Å². The van der Waals surface area contributed by atoms with E-state index in [1.54, 1.807) is 0 Å². The highest BCUT2D eigenvalue weighted by molar-refractivity contribution is 4.93. The highest BCUT2D eigenvalue weighted by atomic mass is 16.5. The number of hydrogen-bond donors (Lipinski definition) is 1. The van der Waals surface area contributed by atoms with Gasteiger partial charge in [-0.05, 0) is 31.3 Å². The molecule has 0 saturated carbocycles. The van der Waals surface area contributed by atoms with Gasteiger partial charge in [0.2, 0.25) is 0 Å². The van der Waals surface area contributed by atoms with Crippen LogP contribution < -0.4 is 5.73 Å². The zero-order chi connectivity index (χ0) is 11.8. The molecule has 94 valence electrons. The molecule has 2 N–H and O–H groups in total. The van der Waals surface area contributed by atoms with Gasteiger partial charge in [-0.25, -0.2) is 0 Å². The molecule has 2 unspecified atom stereocenters. The molecule has 2 rings (SSSR count). The molecule has 0 radical (unpaired) electrons. The van der Waals surface area contributed by atoms with Crippen LogP contribution >= 0.6 is 0 Å². The van der Waals surface area contributed by atoms with Crippen LogP contribution in [0, 0.1) is 10.8 Å². The van der Waals surface area contributed by atoms with Crippen LogP contribution in [0.4, 0.5) is 0 Å². The quantitative estimate of drug-likeness (QED) is 0.775. The van der Waals surface area contributed by atoms with Crippen molar-refractivity contribution in [1.82, 2.24) is 4.90 Å². The minimum Gasteiger partial charge on any atom is -0.379 e. The maximum absolute atomic E-state index is 6.13. The summed E-state index contributed by atoms with van der Waals surface area (Å²) in [4.78, 5) is 2.57. The number of likely N-dealkylation sites (tertiary alicyclic amines) is 1. The normalized spacial score (nSPS) is 40.1. The summed E-state index contributed by atoms with van der Waals surface area (Å²) in [5.41, 5.74) is 6.83. The highest BCUT2D eigenvalue weighted by Crippen LogP contribution is 2.33. The van der Waals surface area contributed by atoms with E-state index in [0.717, 1.165) is 19.8 Å². The summed E-state index contributed by atoms with van der Waals surface area (Å²) in [7, 11) is 0. The molecule has 2 atom stereocenters. The summed E-state index contributed by atoms with van der Waals surface area (Å²) in [5, 5.41) is 0. The van der Waals surface area contributed by atoms with Crippen molar-refractivity contribution >= 4 is 0 Å². The lowest BCUT2D eigenvalue weighted by Gasteiger charge is -2.41. The summed E-state index contributed by atoms with van der Waals surface area (Å²) < 4.78 is 5.50. The Balaban J connectivity index is 1.87. The van der Waals surface area contributed by atoms with E-state index in [-0.39, 0.29) is 11.5 Å². The molecule has 2 heterocycles. The van der Waals surface area contributed by atoms with E-state index in [1.165, 1.54) is 25.9 Å². The molecule has 0 spiro atoms. The van der Waals surface area contributed by atoms with E-state index in [4.69, 9.17) is 10.5 Å². The van der Waals surface area contributed by atoms with Gasteiger partial charge in [0.15, 0.2) is 0 Å². The first-order valence-corrected chi connectivity index (χ1v) is 6.47. The van der Waals surface area contributed by atoms with Gasteiger partial charge in [-0.2, -0.15) is 0 Å². The Bertz CT molecular complexity index is 244. The fraction of sp³-hybridized carbons (Fsp3) is 1.00. The van der Waals surface area contributed by atoms with E-state index >= 15 is 0 Å². The predicted octanol–water partition coefficient (Wildman–Crippen LogP) is 1.47. The van der Waals surface area contributed by atoms with E-state index in [9.17, 15) is 0 Å². The molecule has 3 heteroatoms. The first-order valence-electron chi connectivity index (χ1n) is 6.47. The first kappa shape index (κ1) is 12.3. The molecule has 0 aromatic rings. The molecule has 0 amide bonds. The van der Waals surface area contributed by atoms with Crippen molar-refractivity contribution in [3.8, 4) is 0 Å². The smallest absolute Gasteiger partial charge is 0.0624 e. The van der Waals surface area contributed by atoms with Crippen molar-refractivity contribution in [1.29, 1.82) is 0 Å². The van der Waals surface area contributed by atoms with Crippen LogP contribution in [0.3, 0.4) is 0 Å². The van der Waals surface area contributed by atoms with Crippen LogP contribution in [0.1, 0.15) is 33.6 Å². The van der Waals surface area contributed by atoms with Gasteiger partial charge in [0, 0.05) is 18.0 Å². The highest BCUT2D eigenvalue weighted by Gasteiger charge is 2.40. The van der Waals surface area contributed by atoms with Gasteiger partial charge in [0.25, 0.3) is 0 Å². The standard InChI is InChI=1S/C13H26N2O/c1-12(2)4-6-15(7-5-12)9-13(3)10-16-8-11(13)14/h11H,4-10,14H2,1-3H3. The Hall–Kier alpha value is -0.120. The molecule has 2 saturated heterocycles. The number of nitrogens with zero attached hydrogens (tertiary/aromatic N) is 1. The SMILES string of the molecule is CC1(C)CCN(CC2(C)COCC2N)CC1. The Morgan fingerprint density at radius 2 is 1.88 bits per heavy atom. The molecule has 0 aromatic heterocycles. The molecule has 2 fully saturated rings. The molecule has 2 aliphatic rings. The first-order chi connectivity index (χ1) is 7.41. The third kappa shape index (κ3) is 2.58. The summed E-state index contributed by atoms with van der Waals surface area (Å²) >= 11 is 0. The third-order valence-electron chi connectivity index (χ3n) is 4.42. The number of piperidine rings is 1. The summed E-state index contributed by atoms with van der Waals surface area (Å²) in [6.45, 7) is 12.1. The molecule has 3 nitrogen and oxygen atoms in total. The van der Waals surface area contributed by atoms with Crippen LogP contribution in [0.15, 0.2) is 0 Å². The van der Waals surface area contributed by atoms with Crippen LogP contribution in [0.2, 0.25) is 0 Å². The van der Waals surface area contributed by atoms with Crippen LogP contribution in [-0.2, 0) is 4.74 Å². The van der Waals surface area contributed by atoms with Crippen LogP contribution in [-0.4, -0.2) is 43.8 Å². The Morgan fingerprint density at radius 3 is 2.38 bits per heavy atom. The zero-order valence-electron chi connectivity index (χ0n) is 11.0. The van der Waals surface area contributed by atoms with Crippen molar-refractivity contribution in [2.24, 2.45) is 16.6 Å². The molecule has 0 aromatic carbocycles. The fourth-order valence-electron chi connectivity index (χ4n) is 2.72.